The molecule has 0 saturated carbocycles. The Balaban J connectivity index is 0.000000133. The van der Waals surface area contributed by atoms with Crippen LogP contribution in [0.1, 0.15) is 37.5 Å². The molecule has 0 bridgehead atoms. The van der Waals surface area contributed by atoms with Crippen LogP contribution < -0.4 is 0 Å². The molecule has 2 aromatic heterocycles. The zero-order valence-corrected chi connectivity index (χ0v) is 18.2. The number of fused-ring (bicyclic) bond motifs is 2. The first-order chi connectivity index (χ1) is 14.8. The van der Waals surface area contributed by atoms with Crippen LogP contribution in [0.3, 0.4) is 0 Å². The van der Waals surface area contributed by atoms with Crippen molar-refractivity contribution in [3.8, 4) is 0 Å². The fourth-order valence-corrected chi connectivity index (χ4v) is 3.52. The Labute approximate surface area is 179 Å². The van der Waals surface area contributed by atoms with Crippen molar-refractivity contribution in [2.45, 2.75) is 40.0 Å². The number of para-hydroxylation sites is 1. The third-order valence-electron chi connectivity index (χ3n) is 5.31. The lowest BCUT2D eigenvalue weighted by Crippen LogP contribution is -1.81. The summed E-state index contributed by atoms with van der Waals surface area (Å²) >= 11 is 0. The molecule has 0 radical (unpaired) electrons. The third kappa shape index (κ3) is 5.42. The van der Waals surface area contributed by atoms with Gasteiger partial charge in [-0.1, -0.05) is 81.4 Å². The minimum atomic E-state index is 1.07. The molecule has 30 heavy (non-hydrogen) atoms. The smallest absolute Gasteiger partial charge is 0.0934 e. The van der Waals surface area contributed by atoms with Gasteiger partial charge in [-0.25, -0.2) is 0 Å². The molecule has 2 nitrogen and oxygen atoms in total. The van der Waals surface area contributed by atoms with Crippen molar-refractivity contribution >= 4 is 21.7 Å². The van der Waals surface area contributed by atoms with E-state index in [4.69, 9.17) is 4.42 Å². The quantitative estimate of drug-likeness (QED) is 0.328. The maximum Gasteiger partial charge on any atom is 0.0934 e. The first kappa shape index (κ1) is 21.4. The SMILES string of the molecule is CCc1c[nH]c2ccccc12.CCc1cccc2ccccc12.CCc1ccoc1. The molecule has 5 rings (SSSR count). The van der Waals surface area contributed by atoms with Crippen LogP contribution in [-0.2, 0) is 19.3 Å². The van der Waals surface area contributed by atoms with E-state index in [0.717, 1.165) is 19.3 Å². The minimum Gasteiger partial charge on any atom is -0.472 e. The number of hydrogen-bond donors (Lipinski definition) is 1. The first-order valence-electron chi connectivity index (χ1n) is 10.8. The highest BCUT2D eigenvalue weighted by Gasteiger charge is 1.98. The minimum absolute atomic E-state index is 1.07. The monoisotopic (exact) mass is 397 g/mol. The predicted molar refractivity (Wildman–Crippen MR) is 129 cm³/mol. The second kappa shape index (κ2) is 11.1. The zero-order chi connectivity index (χ0) is 21.2. The molecule has 154 valence electrons. The summed E-state index contributed by atoms with van der Waals surface area (Å²) in [6, 6.07) is 25.4. The van der Waals surface area contributed by atoms with Crippen molar-refractivity contribution in [2.75, 3.05) is 0 Å². The average Bonchev–Trinajstić information content (AvgIpc) is 3.49. The van der Waals surface area contributed by atoms with Crippen molar-refractivity contribution in [2.24, 2.45) is 0 Å². The fourth-order valence-electron chi connectivity index (χ4n) is 3.52. The summed E-state index contributed by atoms with van der Waals surface area (Å²) in [4.78, 5) is 3.24. The van der Waals surface area contributed by atoms with Crippen LogP contribution in [0.15, 0.2) is 95.9 Å². The van der Waals surface area contributed by atoms with Gasteiger partial charge in [0.05, 0.1) is 12.5 Å². The number of H-pyrrole nitrogens is 1. The largest absolute Gasteiger partial charge is 0.472 e. The molecule has 0 aliphatic heterocycles. The van der Waals surface area contributed by atoms with Crippen LogP contribution in [0.25, 0.3) is 21.7 Å². The zero-order valence-electron chi connectivity index (χ0n) is 18.2. The number of rotatable bonds is 3. The Hall–Kier alpha value is -3.26. The highest BCUT2D eigenvalue weighted by atomic mass is 16.3. The summed E-state index contributed by atoms with van der Waals surface area (Å²) < 4.78 is 4.81. The van der Waals surface area contributed by atoms with Gasteiger partial charge in [-0.3, -0.25) is 0 Å². The normalized spacial score (nSPS) is 10.2. The van der Waals surface area contributed by atoms with E-state index in [-0.39, 0.29) is 0 Å². The maximum atomic E-state index is 4.81. The van der Waals surface area contributed by atoms with Gasteiger partial charge in [-0.15, -0.1) is 0 Å². The van der Waals surface area contributed by atoms with E-state index in [2.05, 4.69) is 98.7 Å². The van der Waals surface area contributed by atoms with Crippen molar-refractivity contribution < 1.29 is 4.42 Å². The van der Waals surface area contributed by atoms with E-state index in [1.54, 1.807) is 12.5 Å². The van der Waals surface area contributed by atoms with Crippen LogP contribution in [-0.4, -0.2) is 4.98 Å². The van der Waals surface area contributed by atoms with Crippen LogP contribution in [0.4, 0.5) is 0 Å². The molecular formula is C28H31NO. The summed E-state index contributed by atoms with van der Waals surface area (Å²) in [5.41, 5.74) is 5.35. The molecule has 0 spiro atoms. The summed E-state index contributed by atoms with van der Waals surface area (Å²) in [6.45, 7) is 6.47. The number of aromatic nitrogens is 1. The van der Waals surface area contributed by atoms with Crippen molar-refractivity contribution in [1.82, 2.24) is 4.98 Å². The van der Waals surface area contributed by atoms with Crippen molar-refractivity contribution in [3.63, 3.8) is 0 Å². The van der Waals surface area contributed by atoms with Gasteiger partial charge >= 0.3 is 0 Å². The fraction of sp³-hybridized carbons (Fsp3) is 0.214. The Kier molecular flexibility index (Phi) is 7.91. The van der Waals surface area contributed by atoms with Crippen LogP contribution in [0, 0.1) is 0 Å². The molecule has 0 fully saturated rings. The molecule has 0 aliphatic carbocycles. The van der Waals surface area contributed by atoms with Crippen LogP contribution in [0.5, 0.6) is 0 Å². The van der Waals surface area contributed by atoms with Crippen molar-refractivity contribution in [1.29, 1.82) is 0 Å². The molecule has 0 saturated heterocycles. The second-order valence-corrected chi connectivity index (χ2v) is 7.19. The van der Waals surface area contributed by atoms with Gasteiger partial charge in [0.25, 0.3) is 0 Å². The van der Waals surface area contributed by atoms with E-state index in [9.17, 15) is 0 Å². The third-order valence-corrected chi connectivity index (χ3v) is 5.31. The number of furan rings is 1. The van der Waals surface area contributed by atoms with E-state index >= 15 is 0 Å². The molecule has 3 aromatic carbocycles. The van der Waals surface area contributed by atoms with Gasteiger partial charge < -0.3 is 9.40 Å². The highest BCUT2D eigenvalue weighted by Crippen LogP contribution is 2.18. The van der Waals surface area contributed by atoms with E-state index < -0.39 is 0 Å². The predicted octanol–water partition coefficient (Wildman–Crippen LogP) is 7.97. The molecule has 0 aliphatic rings. The molecule has 0 amide bonds. The Morgan fingerprint density at radius 1 is 0.667 bits per heavy atom. The van der Waals surface area contributed by atoms with E-state index in [1.165, 1.54) is 38.4 Å². The Morgan fingerprint density at radius 3 is 2.03 bits per heavy atom. The summed E-state index contributed by atoms with van der Waals surface area (Å²) in [5, 5.41) is 4.09. The lowest BCUT2D eigenvalue weighted by Gasteiger charge is -2.02. The number of aryl methyl sites for hydroxylation is 3. The summed E-state index contributed by atoms with van der Waals surface area (Å²) in [7, 11) is 0. The molecule has 2 heterocycles. The van der Waals surface area contributed by atoms with Gasteiger partial charge in [0, 0.05) is 17.1 Å². The van der Waals surface area contributed by atoms with Crippen LogP contribution >= 0.6 is 0 Å². The number of aromatic amines is 1. The molecular weight excluding hydrogens is 366 g/mol. The molecule has 0 atom stereocenters. The van der Waals surface area contributed by atoms with Gasteiger partial charge in [-0.05, 0) is 58.9 Å². The topological polar surface area (TPSA) is 28.9 Å². The molecule has 5 aromatic rings. The van der Waals surface area contributed by atoms with Gasteiger partial charge in [0.15, 0.2) is 0 Å². The summed E-state index contributed by atoms with van der Waals surface area (Å²) in [5.74, 6) is 0. The van der Waals surface area contributed by atoms with E-state index in [0.29, 0.717) is 0 Å². The average molecular weight is 398 g/mol. The number of benzene rings is 3. The van der Waals surface area contributed by atoms with Gasteiger partial charge in [0.1, 0.15) is 0 Å². The van der Waals surface area contributed by atoms with Crippen LogP contribution in [0.2, 0.25) is 0 Å². The molecule has 0 unspecified atom stereocenters. The van der Waals surface area contributed by atoms with Gasteiger partial charge in [0.2, 0.25) is 0 Å². The lowest BCUT2D eigenvalue weighted by atomic mass is 10.0. The summed E-state index contributed by atoms with van der Waals surface area (Å²) in [6.07, 6.45) is 8.82. The lowest BCUT2D eigenvalue weighted by molar-refractivity contribution is 0.564. The highest BCUT2D eigenvalue weighted by molar-refractivity contribution is 5.85. The standard InChI is InChI=1S/C12H12.C10H11N.C6H8O/c1-2-10-7-5-8-11-6-3-4-9-12(10)11;1-2-8-7-11-10-6-4-3-5-9(8)10;1-2-6-3-4-7-5-6/h3-9H,2H2,1H3;3-7,11H,2H2,1H3;3-5H,2H2,1H3. The Bertz CT molecular complexity index is 1150. The number of nitrogens with one attached hydrogen (secondary N) is 1. The molecule has 2 heteroatoms. The molecule has 1 N–H and O–H groups in total. The number of hydrogen-bond acceptors (Lipinski definition) is 1. The van der Waals surface area contributed by atoms with Crippen molar-refractivity contribution in [3.05, 3.63) is 108 Å². The maximum absolute atomic E-state index is 4.81. The Morgan fingerprint density at radius 2 is 1.37 bits per heavy atom. The first-order valence-corrected chi connectivity index (χ1v) is 10.8. The second-order valence-electron chi connectivity index (χ2n) is 7.19. The van der Waals surface area contributed by atoms with Gasteiger partial charge in [-0.2, -0.15) is 0 Å². The van der Waals surface area contributed by atoms with E-state index in [1.807, 2.05) is 6.07 Å².